The molecule has 2 rings (SSSR count). The molecule has 0 spiro atoms. The molecule has 20 heavy (non-hydrogen) atoms. The van der Waals surface area contributed by atoms with Crippen LogP contribution >= 0.6 is 0 Å². The van der Waals surface area contributed by atoms with E-state index in [1.807, 2.05) is 13.8 Å². The van der Waals surface area contributed by atoms with Crippen molar-refractivity contribution in [1.82, 2.24) is 13.9 Å². The molecule has 1 fully saturated rings. The standard InChI is InChI=1S/C12H20N4O3S/c1-3-10-7-16(6-5-11(10)14-17)20(18,19)12-8-15(4-2)9-13-12/h8-10,17H,3-7H2,1-2H3. The summed E-state index contributed by atoms with van der Waals surface area (Å²) in [5.74, 6) is -0.0308. The van der Waals surface area contributed by atoms with Crippen molar-refractivity contribution in [1.29, 1.82) is 0 Å². The van der Waals surface area contributed by atoms with Crippen molar-refractivity contribution in [3.05, 3.63) is 12.5 Å². The van der Waals surface area contributed by atoms with Crippen molar-refractivity contribution in [3.8, 4) is 0 Å². The molecule has 0 aromatic carbocycles. The monoisotopic (exact) mass is 300 g/mol. The highest BCUT2D eigenvalue weighted by molar-refractivity contribution is 7.89. The van der Waals surface area contributed by atoms with Crippen LogP contribution in [0.1, 0.15) is 26.7 Å². The molecule has 8 heteroatoms. The first-order valence-electron chi connectivity index (χ1n) is 6.75. The number of hydrogen-bond donors (Lipinski definition) is 1. The van der Waals surface area contributed by atoms with Crippen LogP contribution in [-0.2, 0) is 16.6 Å². The molecule has 7 nitrogen and oxygen atoms in total. The van der Waals surface area contributed by atoms with E-state index in [-0.39, 0.29) is 10.9 Å². The fourth-order valence-electron chi connectivity index (χ4n) is 2.38. The van der Waals surface area contributed by atoms with Crippen molar-refractivity contribution < 1.29 is 13.6 Å². The number of sulfonamides is 1. The first-order valence-corrected chi connectivity index (χ1v) is 8.19. The molecule has 1 N–H and O–H groups in total. The van der Waals surface area contributed by atoms with Gasteiger partial charge < -0.3 is 9.77 Å². The van der Waals surface area contributed by atoms with Crippen molar-refractivity contribution in [2.45, 2.75) is 38.3 Å². The fraction of sp³-hybridized carbons (Fsp3) is 0.667. The Bertz CT molecular complexity index is 594. The minimum Gasteiger partial charge on any atom is -0.411 e. The molecule has 112 valence electrons. The predicted molar refractivity (Wildman–Crippen MR) is 74.3 cm³/mol. The Kier molecular flexibility index (Phi) is 4.44. The van der Waals surface area contributed by atoms with E-state index in [0.717, 1.165) is 6.42 Å². The zero-order valence-corrected chi connectivity index (χ0v) is 12.5. The third kappa shape index (κ3) is 2.71. The van der Waals surface area contributed by atoms with Gasteiger partial charge in [0.05, 0.1) is 12.0 Å². The first-order chi connectivity index (χ1) is 9.52. The lowest BCUT2D eigenvalue weighted by molar-refractivity contribution is 0.295. The third-order valence-corrected chi connectivity index (χ3v) is 5.46. The molecular weight excluding hydrogens is 280 g/mol. The molecule has 0 radical (unpaired) electrons. The molecule has 0 bridgehead atoms. The molecule has 2 heterocycles. The van der Waals surface area contributed by atoms with Crippen LogP contribution in [-0.4, -0.2) is 46.3 Å². The number of hydrogen-bond acceptors (Lipinski definition) is 5. The SMILES string of the molecule is CCC1CN(S(=O)(=O)c2cn(CC)cn2)CCC1=NO. The first kappa shape index (κ1) is 15.0. The molecule has 1 unspecified atom stereocenters. The maximum atomic E-state index is 12.5. The van der Waals surface area contributed by atoms with Gasteiger partial charge in [-0.15, -0.1) is 0 Å². The number of aromatic nitrogens is 2. The Morgan fingerprint density at radius 1 is 1.50 bits per heavy atom. The van der Waals surface area contributed by atoms with Gasteiger partial charge in [-0.1, -0.05) is 12.1 Å². The summed E-state index contributed by atoms with van der Waals surface area (Å²) in [5.41, 5.74) is 0.679. The number of piperidine rings is 1. The highest BCUT2D eigenvalue weighted by Crippen LogP contribution is 2.23. The van der Waals surface area contributed by atoms with Crippen molar-refractivity contribution in [2.75, 3.05) is 13.1 Å². The minimum absolute atomic E-state index is 0.0308. The second-order valence-electron chi connectivity index (χ2n) is 4.85. The van der Waals surface area contributed by atoms with E-state index < -0.39 is 10.0 Å². The molecule has 0 amide bonds. The van der Waals surface area contributed by atoms with Crippen LogP contribution in [0.25, 0.3) is 0 Å². The quantitative estimate of drug-likeness (QED) is 0.667. The normalized spacial score (nSPS) is 23.3. The van der Waals surface area contributed by atoms with E-state index in [0.29, 0.717) is 31.8 Å². The largest absolute Gasteiger partial charge is 0.411 e. The van der Waals surface area contributed by atoms with Crippen molar-refractivity contribution in [2.24, 2.45) is 11.1 Å². The molecular formula is C12H20N4O3S. The van der Waals surface area contributed by atoms with E-state index in [1.165, 1.54) is 10.6 Å². The lowest BCUT2D eigenvalue weighted by Crippen LogP contribution is -2.44. The van der Waals surface area contributed by atoms with Gasteiger partial charge in [0.25, 0.3) is 10.0 Å². The third-order valence-electron chi connectivity index (χ3n) is 3.71. The summed E-state index contributed by atoms with van der Waals surface area (Å²) in [4.78, 5) is 3.98. The zero-order valence-electron chi connectivity index (χ0n) is 11.7. The van der Waals surface area contributed by atoms with Crippen LogP contribution in [0.3, 0.4) is 0 Å². The maximum Gasteiger partial charge on any atom is 0.262 e. The summed E-state index contributed by atoms with van der Waals surface area (Å²) in [5, 5.41) is 12.3. The van der Waals surface area contributed by atoms with Gasteiger partial charge in [-0.3, -0.25) is 0 Å². The van der Waals surface area contributed by atoms with Gasteiger partial charge in [0.2, 0.25) is 0 Å². The number of aryl methyl sites for hydroxylation is 1. The number of nitrogens with zero attached hydrogens (tertiary/aromatic N) is 4. The van der Waals surface area contributed by atoms with Crippen LogP contribution < -0.4 is 0 Å². The van der Waals surface area contributed by atoms with Gasteiger partial charge in [0, 0.05) is 38.2 Å². The van der Waals surface area contributed by atoms with E-state index in [9.17, 15) is 8.42 Å². The Hall–Kier alpha value is -1.41. The van der Waals surface area contributed by atoms with E-state index >= 15 is 0 Å². The topological polar surface area (TPSA) is 87.8 Å². The highest BCUT2D eigenvalue weighted by Gasteiger charge is 2.34. The van der Waals surface area contributed by atoms with Gasteiger partial charge in [-0.25, -0.2) is 13.4 Å². The molecule has 1 aromatic heterocycles. The van der Waals surface area contributed by atoms with Gasteiger partial charge in [0.15, 0.2) is 5.03 Å². The average molecular weight is 300 g/mol. The Labute approximate surface area is 119 Å². The zero-order chi connectivity index (χ0) is 14.8. The second-order valence-corrected chi connectivity index (χ2v) is 6.74. The number of imidazole rings is 1. The van der Waals surface area contributed by atoms with Crippen LogP contribution in [0.2, 0.25) is 0 Å². The van der Waals surface area contributed by atoms with Crippen molar-refractivity contribution >= 4 is 15.7 Å². The Balaban J connectivity index is 2.22. The minimum atomic E-state index is -3.56. The summed E-state index contributed by atoms with van der Waals surface area (Å²) in [6.07, 6.45) is 4.28. The van der Waals surface area contributed by atoms with Gasteiger partial charge in [-0.05, 0) is 13.3 Å². The maximum absolute atomic E-state index is 12.5. The van der Waals surface area contributed by atoms with Crippen molar-refractivity contribution in [3.63, 3.8) is 0 Å². The predicted octanol–water partition coefficient (Wildman–Crippen LogP) is 1.15. The van der Waals surface area contributed by atoms with E-state index in [4.69, 9.17) is 5.21 Å². The highest BCUT2D eigenvalue weighted by atomic mass is 32.2. The van der Waals surface area contributed by atoms with Gasteiger partial charge in [-0.2, -0.15) is 4.31 Å². The molecule has 0 saturated carbocycles. The fourth-order valence-corrected chi connectivity index (χ4v) is 3.80. The van der Waals surface area contributed by atoms with Crippen LogP contribution in [0.5, 0.6) is 0 Å². The number of rotatable bonds is 4. The molecule has 1 aromatic rings. The lowest BCUT2D eigenvalue weighted by atomic mass is 9.95. The summed E-state index contributed by atoms with van der Waals surface area (Å²) in [7, 11) is -3.56. The number of oxime groups is 1. The molecule has 0 aliphatic carbocycles. The van der Waals surface area contributed by atoms with Gasteiger partial charge in [0.1, 0.15) is 0 Å². The summed E-state index contributed by atoms with van der Waals surface area (Å²) in [6.45, 7) is 5.24. The van der Waals surface area contributed by atoms with Crippen LogP contribution in [0, 0.1) is 5.92 Å². The average Bonchev–Trinajstić information content (AvgIpc) is 2.96. The summed E-state index contributed by atoms with van der Waals surface area (Å²) < 4.78 is 28.2. The van der Waals surface area contributed by atoms with Crippen LogP contribution in [0.15, 0.2) is 22.7 Å². The van der Waals surface area contributed by atoms with E-state index in [2.05, 4.69) is 10.1 Å². The Morgan fingerprint density at radius 2 is 2.25 bits per heavy atom. The van der Waals surface area contributed by atoms with Crippen LogP contribution in [0.4, 0.5) is 0 Å². The molecule has 1 saturated heterocycles. The van der Waals surface area contributed by atoms with E-state index in [1.54, 1.807) is 10.8 Å². The lowest BCUT2D eigenvalue weighted by Gasteiger charge is -2.31. The molecule has 1 aliphatic heterocycles. The van der Waals surface area contributed by atoms with Gasteiger partial charge >= 0.3 is 0 Å². The Morgan fingerprint density at radius 3 is 2.80 bits per heavy atom. The second kappa shape index (κ2) is 5.92. The molecule has 1 atom stereocenters. The summed E-state index contributed by atoms with van der Waals surface area (Å²) in [6, 6.07) is 0. The molecule has 1 aliphatic rings. The summed E-state index contributed by atoms with van der Waals surface area (Å²) >= 11 is 0. The smallest absolute Gasteiger partial charge is 0.262 e.